The summed E-state index contributed by atoms with van der Waals surface area (Å²) in [5.74, 6) is -2.60. The lowest BCUT2D eigenvalue weighted by Gasteiger charge is -2.35. The first kappa shape index (κ1) is 10.5. The quantitative estimate of drug-likeness (QED) is 0.729. The SMILES string of the molecule is O=C(O)C1CCC2CCCC2C1C(=O)O. The van der Waals surface area contributed by atoms with Gasteiger partial charge in [0, 0.05) is 0 Å². The van der Waals surface area contributed by atoms with Crippen LogP contribution in [0.5, 0.6) is 0 Å². The lowest BCUT2D eigenvalue weighted by Crippen LogP contribution is -2.40. The Morgan fingerprint density at radius 2 is 1.67 bits per heavy atom. The molecule has 0 spiro atoms. The number of carboxylic acids is 2. The van der Waals surface area contributed by atoms with Crippen LogP contribution >= 0.6 is 0 Å². The molecule has 15 heavy (non-hydrogen) atoms. The van der Waals surface area contributed by atoms with E-state index in [-0.39, 0.29) is 5.92 Å². The van der Waals surface area contributed by atoms with Gasteiger partial charge in [0.15, 0.2) is 0 Å². The summed E-state index contributed by atoms with van der Waals surface area (Å²) in [7, 11) is 0. The Balaban J connectivity index is 2.21. The first-order valence-electron chi connectivity index (χ1n) is 5.57. The Morgan fingerprint density at radius 1 is 0.933 bits per heavy atom. The van der Waals surface area contributed by atoms with Gasteiger partial charge in [-0.1, -0.05) is 12.8 Å². The molecule has 2 aliphatic carbocycles. The summed E-state index contributed by atoms with van der Waals surface area (Å²) >= 11 is 0. The summed E-state index contributed by atoms with van der Waals surface area (Å²) in [5.41, 5.74) is 0. The van der Waals surface area contributed by atoms with Crippen LogP contribution in [0.25, 0.3) is 0 Å². The minimum Gasteiger partial charge on any atom is -0.481 e. The van der Waals surface area contributed by atoms with Crippen molar-refractivity contribution in [2.45, 2.75) is 32.1 Å². The second kappa shape index (κ2) is 3.83. The van der Waals surface area contributed by atoms with Gasteiger partial charge in [-0.15, -0.1) is 0 Å². The summed E-state index contributed by atoms with van der Waals surface area (Å²) in [6.07, 6.45) is 4.47. The standard InChI is InChI=1S/C11H16O4/c12-10(13)8-5-4-6-2-1-3-7(6)9(8)11(14)15/h6-9H,1-5H2,(H,12,13)(H,14,15). The molecule has 2 saturated carbocycles. The van der Waals surface area contributed by atoms with E-state index in [4.69, 9.17) is 10.2 Å². The molecule has 0 radical (unpaired) electrons. The van der Waals surface area contributed by atoms with Crippen molar-refractivity contribution >= 4 is 11.9 Å². The van der Waals surface area contributed by atoms with Gasteiger partial charge in [0.1, 0.15) is 0 Å². The van der Waals surface area contributed by atoms with Crippen molar-refractivity contribution in [3.8, 4) is 0 Å². The molecule has 0 heterocycles. The molecule has 4 unspecified atom stereocenters. The smallest absolute Gasteiger partial charge is 0.307 e. The van der Waals surface area contributed by atoms with Crippen LogP contribution in [0.3, 0.4) is 0 Å². The molecular weight excluding hydrogens is 196 g/mol. The van der Waals surface area contributed by atoms with Crippen LogP contribution in [0, 0.1) is 23.7 Å². The van der Waals surface area contributed by atoms with E-state index in [1.807, 2.05) is 0 Å². The predicted molar refractivity (Wildman–Crippen MR) is 52.3 cm³/mol. The topological polar surface area (TPSA) is 74.6 Å². The molecule has 2 rings (SSSR count). The van der Waals surface area contributed by atoms with Gasteiger partial charge >= 0.3 is 11.9 Å². The van der Waals surface area contributed by atoms with Crippen LogP contribution in [0.1, 0.15) is 32.1 Å². The molecule has 4 atom stereocenters. The molecule has 2 N–H and O–H groups in total. The molecular formula is C11H16O4. The second-order valence-corrected chi connectivity index (χ2v) is 4.74. The first-order chi connectivity index (χ1) is 7.11. The van der Waals surface area contributed by atoms with Gasteiger partial charge in [0.05, 0.1) is 11.8 Å². The van der Waals surface area contributed by atoms with E-state index < -0.39 is 23.8 Å². The molecule has 0 saturated heterocycles. The highest BCUT2D eigenvalue weighted by atomic mass is 16.4. The third kappa shape index (κ3) is 1.73. The van der Waals surface area contributed by atoms with Crippen molar-refractivity contribution in [2.75, 3.05) is 0 Å². The van der Waals surface area contributed by atoms with Crippen molar-refractivity contribution in [1.82, 2.24) is 0 Å². The number of aliphatic carboxylic acids is 2. The average Bonchev–Trinajstić information content (AvgIpc) is 2.62. The second-order valence-electron chi connectivity index (χ2n) is 4.74. The molecule has 0 aliphatic heterocycles. The number of rotatable bonds is 2. The maximum atomic E-state index is 11.1. The van der Waals surface area contributed by atoms with Gasteiger partial charge in [-0.05, 0) is 31.1 Å². The average molecular weight is 212 g/mol. The van der Waals surface area contributed by atoms with Crippen molar-refractivity contribution < 1.29 is 19.8 Å². The van der Waals surface area contributed by atoms with Crippen molar-refractivity contribution in [2.24, 2.45) is 23.7 Å². The highest BCUT2D eigenvalue weighted by Crippen LogP contribution is 2.47. The van der Waals surface area contributed by atoms with Gasteiger partial charge in [-0.3, -0.25) is 9.59 Å². The molecule has 0 aromatic rings. The van der Waals surface area contributed by atoms with Crippen molar-refractivity contribution in [1.29, 1.82) is 0 Å². The Kier molecular flexibility index (Phi) is 2.67. The van der Waals surface area contributed by atoms with Gasteiger partial charge < -0.3 is 10.2 Å². The maximum Gasteiger partial charge on any atom is 0.307 e. The molecule has 84 valence electrons. The Morgan fingerprint density at radius 3 is 2.27 bits per heavy atom. The van der Waals surface area contributed by atoms with Crippen LogP contribution in [0.15, 0.2) is 0 Å². The number of hydrogen-bond donors (Lipinski definition) is 2. The van der Waals surface area contributed by atoms with Gasteiger partial charge in [0.2, 0.25) is 0 Å². The Hall–Kier alpha value is -1.06. The molecule has 2 aliphatic rings. The Bertz CT molecular complexity index is 286. The van der Waals surface area contributed by atoms with Crippen LogP contribution in [-0.2, 0) is 9.59 Å². The van der Waals surface area contributed by atoms with Gasteiger partial charge in [-0.25, -0.2) is 0 Å². The van der Waals surface area contributed by atoms with Crippen LogP contribution in [0.2, 0.25) is 0 Å². The summed E-state index contributed by atoms with van der Waals surface area (Å²) in [6.45, 7) is 0. The molecule has 4 nitrogen and oxygen atoms in total. The van der Waals surface area contributed by atoms with Crippen LogP contribution < -0.4 is 0 Å². The lowest BCUT2D eigenvalue weighted by molar-refractivity contribution is -0.159. The third-order valence-electron chi connectivity index (χ3n) is 4.06. The highest BCUT2D eigenvalue weighted by molar-refractivity contribution is 5.80. The van der Waals surface area contributed by atoms with E-state index in [0.29, 0.717) is 12.3 Å². The lowest BCUT2D eigenvalue weighted by atomic mass is 9.68. The summed E-state index contributed by atoms with van der Waals surface area (Å²) in [4.78, 5) is 22.1. The normalized spacial score (nSPS) is 39.7. The molecule has 0 aromatic heterocycles. The predicted octanol–water partition coefficient (Wildman–Crippen LogP) is 1.60. The number of fused-ring (bicyclic) bond motifs is 1. The maximum absolute atomic E-state index is 11.1. The molecule has 0 bridgehead atoms. The summed E-state index contributed by atoms with van der Waals surface area (Å²) < 4.78 is 0. The molecule has 2 fully saturated rings. The third-order valence-corrected chi connectivity index (χ3v) is 4.06. The van der Waals surface area contributed by atoms with E-state index >= 15 is 0 Å². The van der Waals surface area contributed by atoms with Crippen LogP contribution in [0.4, 0.5) is 0 Å². The fourth-order valence-electron chi connectivity index (χ4n) is 3.40. The largest absolute Gasteiger partial charge is 0.481 e. The first-order valence-corrected chi connectivity index (χ1v) is 5.57. The number of carbonyl (C=O) groups is 2. The van der Waals surface area contributed by atoms with Crippen molar-refractivity contribution in [3.05, 3.63) is 0 Å². The molecule has 0 aromatic carbocycles. The van der Waals surface area contributed by atoms with E-state index in [0.717, 1.165) is 25.7 Å². The fourth-order valence-corrected chi connectivity index (χ4v) is 3.40. The number of hydrogen-bond acceptors (Lipinski definition) is 2. The molecule has 4 heteroatoms. The minimum atomic E-state index is -0.937. The van der Waals surface area contributed by atoms with Gasteiger partial charge in [-0.2, -0.15) is 0 Å². The molecule has 0 amide bonds. The number of carboxylic acid groups (broad SMARTS) is 2. The van der Waals surface area contributed by atoms with E-state index in [1.54, 1.807) is 0 Å². The van der Waals surface area contributed by atoms with E-state index in [9.17, 15) is 9.59 Å². The minimum absolute atomic E-state index is 0.109. The van der Waals surface area contributed by atoms with Gasteiger partial charge in [0.25, 0.3) is 0 Å². The van der Waals surface area contributed by atoms with Crippen LogP contribution in [-0.4, -0.2) is 22.2 Å². The van der Waals surface area contributed by atoms with Crippen molar-refractivity contribution in [3.63, 3.8) is 0 Å². The van der Waals surface area contributed by atoms with E-state index in [2.05, 4.69) is 0 Å². The Labute approximate surface area is 88.3 Å². The van der Waals surface area contributed by atoms with E-state index in [1.165, 1.54) is 0 Å². The zero-order chi connectivity index (χ0) is 11.0. The fraction of sp³-hybridized carbons (Fsp3) is 0.818. The summed E-state index contributed by atoms with van der Waals surface area (Å²) in [5, 5.41) is 18.2. The zero-order valence-corrected chi connectivity index (χ0v) is 8.56. The monoisotopic (exact) mass is 212 g/mol. The zero-order valence-electron chi connectivity index (χ0n) is 8.56. The summed E-state index contributed by atoms with van der Waals surface area (Å²) in [6, 6.07) is 0. The highest BCUT2D eigenvalue weighted by Gasteiger charge is 2.47.